The number of phenols is 1. The Labute approximate surface area is 105 Å². The predicted octanol–water partition coefficient (Wildman–Crippen LogP) is 1.36. The van der Waals surface area contributed by atoms with Crippen LogP contribution in [0.15, 0.2) is 18.2 Å². The van der Waals surface area contributed by atoms with Gasteiger partial charge in [-0.05, 0) is 38.6 Å². The van der Waals surface area contributed by atoms with Gasteiger partial charge in [0, 0.05) is 18.7 Å². The number of benzene rings is 1. The van der Waals surface area contributed by atoms with E-state index in [2.05, 4.69) is 10.2 Å². The number of carbonyl (C=O) groups excluding carboxylic acids is 1. The summed E-state index contributed by atoms with van der Waals surface area (Å²) in [5.74, 6) is -1.32. The SMILES string of the molecule is CN1CCCC1CNC(=O)c1ccc(O)cc1F. The first-order chi connectivity index (χ1) is 8.58. The summed E-state index contributed by atoms with van der Waals surface area (Å²) in [5, 5.41) is 11.8. The number of hydrogen-bond donors (Lipinski definition) is 2. The molecule has 1 aromatic rings. The number of amides is 1. The van der Waals surface area contributed by atoms with Crippen molar-refractivity contribution in [2.24, 2.45) is 0 Å². The number of carbonyl (C=O) groups is 1. The summed E-state index contributed by atoms with van der Waals surface area (Å²) in [5.41, 5.74) is -0.0338. The van der Waals surface area contributed by atoms with Gasteiger partial charge in [-0.1, -0.05) is 0 Å². The van der Waals surface area contributed by atoms with Crippen LogP contribution in [0.4, 0.5) is 4.39 Å². The second-order valence-electron chi connectivity index (χ2n) is 4.65. The van der Waals surface area contributed by atoms with Crippen LogP contribution in [0, 0.1) is 5.82 Å². The minimum Gasteiger partial charge on any atom is -0.508 e. The molecule has 0 radical (unpaired) electrons. The first-order valence-electron chi connectivity index (χ1n) is 6.05. The molecule has 2 N–H and O–H groups in total. The van der Waals surface area contributed by atoms with Crippen LogP contribution in [0.2, 0.25) is 0 Å². The summed E-state index contributed by atoms with van der Waals surface area (Å²) >= 11 is 0. The number of hydrogen-bond acceptors (Lipinski definition) is 3. The smallest absolute Gasteiger partial charge is 0.254 e. The average Bonchev–Trinajstić information content (AvgIpc) is 2.72. The van der Waals surface area contributed by atoms with Crippen molar-refractivity contribution < 1.29 is 14.3 Å². The summed E-state index contributed by atoms with van der Waals surface area (Å²) in [6, 6.07) is 3.86. The monoisotopic (exact) mass is 252 g/mol. The van der Waals surface area contributed by atoms with Crippen molar-refractivity contribution in [1.82, 2.24) is 10.2 Å². The third-order valence-corrected chi connectivity index (χ3v) is 3.37. The Bertz CT molecular complexity index is 451. The van der Waals surface area contributed by atoms with Gasteiger partial charge in [-0.25, -0.2) is 4.39 Å². The Morgan fingerprint density at radius 2 is 2.39 bits per heavy atom. The summed E-state index contributed by atoms with van der Waals surface area (Å²) in [6.45, 7) is 1.56. The van der Waals surface area contributed by atoms with Crippen molar-refractivity contribution in [3.8, 4) is 5.75 Å². The summed E-state index contributed by atoms with van der Waals surface area (Å²) in [4.78, 5) is 14.0. The molecule has 0 saturated carbocycles. The van der Waals surface area contributed by atoms with Crippen LogP contribution in [-0.2, 0) is 0 Å². The van der Waals surface area contributed by atoms with Crippen molar-refractivity contribution in [2.75, 3.05) is 20.1 Å². The number of aromatic hydroxyl groups is 1. The van der Waals surface area contributed by atoms with Crippen LogP contribution >= 0.6 is 0 Å². The fourth-order valence-electron chi connectivity index (χ4n) is 2.23. The zero-order valence-corrected chi connectivity index (χ0v) is 10.3. The van der Waals surface area contributed by atoms with Crippen molar-refractivity contribution >= 4 is 5.91 Å². The molecule has 0 aromatic heterocycles. The quantitative estimate of drug-likeness (QED) is 0.854. The predicted molar refractivity (Wildman–Crippen MR) is 66.1 cm³/mol. The maximum Gasteiger partial charge on any atom is 0.254 e. The van der Waals surface area contributed by atoms with E-state index in [-0.39, 0.29) is 11.3 Å². The first kappa shape index (κ1) is 12.8. The fraction of sp³-hybridized carbons (Fsp3) is 0.462. The van der Waals surface area contributed by atoms with E-state index in [1.807, 2.05) is 7.05 Å². The Kier molecular flexibility index (Phi) is 3.81. The molecule has 4 nitrogen and oxygen atoms in total. The number of rotatable bonds is 3. The normalized spacial score (nSPS) is 20.0. The molecule has 98 valence electrons. The molecule has 1 aromatic carbocycles. The maximum atomic E-state index is 13.4. The lowest BCUT2D eigenvalue weighted by molar-refractivity contribution is 0.0939. The summed E-state index contributed by atoms with van der Waals surface area (Å²) in [7, 11) is 2.02. The zero-order valence-electron chi connectivity index (χ0n) is 10.3. The van der Waals surface area contributed by atoms with Gasteiger partial charge in [-0.15, -0.1) is 0 Å². The maximum absolute atomic E-state index is 13.4. The Morgan fingerprint density at radius 3 is 3.00 bits per heavy atom. The Hall–Kier alpha value is -1.62. The zero-order chi connectivity index (χ0) is 13.1. The molecule has 0 spiro atoms. The topological polar surface area (TPSA) is 52.6 Å². The second kappa shape index (κ2) is 5.35. The molecule has 5 heteroatoms. The molecular formula is C13H17FN2O2. The van der Waals surface area contributed by atoms with Crippen molar-refractivity contribution in [2.45, 2.75) is 18.9 Å². The van der Waals surface area contributed by atoms with Gasteiger partial charge in [-0.3, -0.25) is 4.79 Å². The van der Waals surface area contributed by atoms with E-state index in [4.69, 9.17) is 5.11 Å². The molecule has 1 aliphatic rings. The molecule has 2 rings (SSSR count). The number of likely N-dealkylation sites (tertiary alicyclic amines) is 1. The van der Waals surface area contributed by atoms with Gasteiger partial charge < -0.3 is 15.3 Å². The highest BCUT2D eigenvalue weighted by Crippen LogP contribution is 2.16. The molecule has 1 aliphatic heterocycles. The number of halogens is 1. The molecule has 1 amide bonds. The highest BCUT2D eigenvalue weighted by atomic mass is 19.1. The van der Waals surface area contributed by atoms with E-state index >= 15 is 0 Å². The third-order valence-electron chi connectivity index (χ3n) is 3.37. The van der Waals surface area contributed by atoms with Crippen LogP contribution in [0.3, 0.4) is 0 Å². The van der Waals surface area contributed by atoms with E-state index in [9.17, 15) is 9.18 Å². The van der Waals surface area contributed by atoms with Gasteiger partial charge in [-0.2, -0.15) is 0 Å². The van der Waals surface area contributed by atoms with Gasteiger partial charge in [0.2, 0.25) is 0 Å². The van der Waals surface area contributed by atoms with E-state index in [0.717, 1.165) is 25.5 Å². The minimum absolute atomic E-state index is 0.0338. The lowest BCUT2D eigenvalue weighted by Gasteiger charge is -2.19. The number of nitrogens with zero attached hydrogens (tertiary/aromatic N) is 1. The van der Waals surface area contributed by atoms with Crippen molar-refractivity contribution in [3.63, 3.8) is 0 Å². The molecule has 1 fully saturated rings. The Morgan fingerprint density at radius 1 is 1.61 bits per heavy atom. The molecule has 1 unspecified atom stereocenters. The lowest BCUT2D eigenvalue weighted by Crippen LogP contribution is -2.38. The van der Waals surface area contributed by atoms with Crippen molar-refractivity contribution in [1.29, 1.82) is 0 Å². The molecule has 1 heterocycles. The van der Waals surface area contributed by atoms with Crippen LogP contribution in [0.5, 0.6) is 5.75 Å². The van der Waals surface area contributed by atoms with Crippen LogP contribution in [0.1, 0.15) is 23.2 Å². The van der Waals surface area contributed by atoms with E-state index in [1.165, 1.54) is 12.1 Å². The van der Waals surface area contributed by atoms with Crippen molar-refractivity contribution in [3.05, 3.63) is 29.6 Å². The highest BCUT2D eigenvalue weighted by Gasteiger charge is 2.21. The van der Waals surface area contributed by atoms with Crippen LogP contribution < -0.4 is 5.32 Å². The van der Waals surface area contributed by atoms with Gasteiger partial charge >= 0.3 is 0 Å². The Balaban J connectivity index is 1.95. The fourth-order valence-corrected chi connectivity index (χ4v) is 2.23. The van der Waals surface area contributed by atoms with Crippen LogP contribution in [-0.4, -0.2) is 42.1 Å². The molecule has 0 aliphatic carbocycles. The molecule has 1 saturated heterocycles. The molecule has 0 bridgehead atoms. The van der Waals surface area contributed by atoms with E-state index < -0.39 is 11.7 Å². The standard InChI is InChI=1S/C13H17FN2O2/c1-16-6-2-3-9(16)8-15-13(18)11-5-4-10(17)7-12(11)14/h4-5,7,9,17H,2-3,6,8H2,1H3,(H,15,18). The van der Waals surface area contributed by atoms with Gasteiger partial charge in [0.15, 0.2) is 0 Å². The third kappa shape index (κ3) is 2.79. The summed E-state index contributed by atoms with van der Waals surface area (Å²) < 4.78 is 13.4. The molecular weight excluding hydrogens is 235 g/mol. The summed E-state index contributed by atoms with van der Waals surface area (Å²) in [6.07, 6.45) is 2.18. The minimum atomic E-state index is -0.702. The largest absolute Gasteiger partial charge is 0.508 e. The van der Waals surface area contributed by atoms with Crippen LogP contribution in [0.25, 0.3) is 0 Å². The molecule has 18 heavy (non-hydrogen) atoms. The second-order valence-corrected chi connectivity index (χ2v) is 4.65. The number of phenolic OH excluding ortho intramolecular Hbond substituents is 1. The van der Waals surface area contributed by atoms with E-state index in [0.29, 0.717) is 12.6 Å². The van der Waals surface area contributed by atoms with Gasteiger partial charge in [0.25, 0.3) is 5.91 Å². The lowest BCUT2D eigenvalue weighted by atomic mass is 10.1. The van der Waals surface area contributed by atoms with Gasteiger partial charge in [0.05, 0.1) is 5.56 Å². The number of likely N-dealkylation sites (N-methyl/N-ethyl adjacent to an activating group) is 1. The average molecular weight is 252 g/mol. The van der Waals surface area contributed by atoms with E-state index in [1.54, 1.807) is 0 Å². The molecule has 1 atom stereocenters. The van der Waals surface area contributed by atoms with Gasteiger partial charge in [0.1, 0.15) is 11.6 Å². The number of nitrogens with one attached hydrogen (secondary N) is 1. The first-order valence-corrected chi connectivity index (χ1v) is 6.05. The highest BCUT2D eigenvalue weighted by molar-refractivity contribution is 5.94.